The van der Waals surface area contributed by atoms with Crippen LogP contribution in [-0.2, 0) is 0 Å². The molecule has 76 valence electrons. The Morgan fingerprint density at radius 1 is 1.43 bits per heavy atom. The summed E-state index contributed by atoms with van der Waals surface area (Å²) >= 11 is 0. The fourth-order valence-electron chi connectivity index (χ4n) is 1.56. The Hall–Kier alpha value is -1.39. The highest BCUT2D eigenvalue weighted by molar-refractivity contribution is 5.39. The van der Waals surface area contributed by atoms with Gasteiger partial charge in [0.1, 0.15) is 5.82 Å². The molecule has 2 rings (SSSR count). The smallest absolute Gasteiger partial charge is 0.266 e. The van der Waals surface area contributed by atoms with Crippen LogP contribution < -0.4 is 10.5 Å². The van der Waals surface area contributed by atoms with Crippen molar-refractivity contribution >= 4 is 5.82 Å². The zero-order chi connectivity index (χ0) is 10.2. The second kappa shape index (κ2) is 3.08. The molecule has 0 amide bonds. The number of rotatable bonds is 1. The Morgan fingerprint density at radius 2 is 2.21 bits per heavy atom. The van der Waals surface area contributed by atoms with Gasteiger partial charge in [-0.25, -0.2) is 8.78 Å². The average Bonchev–Trinajstić information content (AvgIpc) is 2.46. The Balaban J connectivity index is 2.22. The summed E-state index contributed by atoms with van der Waals surface area (Å²) in [6, 6.07) is 4.55. The number of pyridine rings is 1. The molecule has 0 saturated carbocycles. The summed E-state index contributed by atoms with van der Waals surface area (Å²) < 4.78 is 25.7. The molecule has 0 bridgehead atoms. The van der Waals surface area contributed by atoms with E-state index in [1.165, 1.54) is 11.0 Å². The number of nitrogens with zero attached hydrogens (tertiary/aromatic N) is 1. The van der Waals surface area contributed by atoms with Crippen molar-refractivity contribution in [3.8, 4) is 0 Å². The van der Waals surface area contributed by atoms with Crippen LogP contribution in [0, 0.1) is 0 Å². The lowest BCUT2D eigenvalue weighted by atomic mass is 10.3. The number of H-pyrrole nitrogens is 1. The van der Waals surface area contributed by atoms with Crippen LogP contribution >= 0.6 is 0 Å². The van der Waals surface area contributed by atoms with Crippen LogP contribution in [-0.4, -0.2) is 24.0 Å². The predicted molar refractivity (Wildman–Crippen MR) is 48.8 cm³/mol. The van der Waals surface area contributed by atoms with Gasteiger partial charge in [0.15, 0.2) is 0 Å². The maximum absolute atomic E-state index is 12.8. The second-order valence-corrected chi connectivity index (χ2v) is 3.43. The molecular weight excluding hydrogens is 190 g/mol. The zero-order valence-corrected chi connectivity index (χ0v) is 7.46. The number of anilines is 1. The Labute approximate surface area is 79.4 Å². The third-order valence-electron chi connectivity index (χ3n) is 2.26. The highest BCUT2D eigenvalue weighted by Crippen LogP contribution is 2.29. The topological polar surface area (TPSA) is 36.1 Å². The highest BCUT2D eigenvalue weighted by Gasteiger charge is 2.38. The number of alkyl halides is 2. The summed E-state index contributed by atoms with van der Waals surface area (Å²) in [5, 5.41) is 0. The summed E-state index contributed by atoms with van der Waals surface area (Å²) in [7, 11) is 0. The van der Waals surface area contributed by atoms with E-state index >= 15 is 0 Å². The zero-order valence-electron chi connectivity index (χ0n) is 7.46. The Morgan fingerprint density at radius 3 is 2.79 bits per heavy atom. The fourth-order valence-corrected chi connectivity index (χ4v) is 1.56. The molecule has 14 heavy (non-hydrogen) atoms. The van der Waals surface area contributed by atoms with Gasteiger partial charge in [0.2, 0.25) is 5.56 Å². The standard InChI is InChI=1S/C9H10F2N2O/c10-9(11)4-5-13(6-9)7-2-1-3-8(14)12-7/h1-3H,4-6H2,(H,12,14). The minimum atomic E-state index is -2.63. The summed E-state index contributed by atoms with van der Waals surface area (Å²) in [5.74, 6) is -2.16. The molecule has 2 heterocycles. The van der Waals surface area contributed by atoms with Crippen LogP contribution in [0.1, 0.15) is 6.42 Å². The number of halogens is 2. The van der Waals surface area contributed by atoms with Crippen molar-refractivity contribution in [2.75, 3.05) is 18.0 Å². The quantitative estimate of drug-likeness (QED) is 0.739. The lowest BCUT2D eigenvalue weighted by Crippen LogP contribution is -2.26. The molecule has 1 saturated heterocycles. The van der Waals surface area contributed by atoms with Crippen molar-refractivity contribution in [2.45, 2.75) is 12.3 Å². The van der Waals surface area contributed by atoms with Crippen molar-refractivity contribution < 1.29 is 8.78 Å². The predicted octanol–water partition coefficient (Wildman–Crippen LogP) is 1.22. The summed E-state index contributed by atoms with van der Waals surface area (Å²) in [6.45, 7) is -0.0279. The first-order valence-corrected chi connectivity index (χ1v) is 4.39. The number of hydrogen-bond donors (Lipinski definition) is 1. The SMILES string of the molecule is O=c1cccc(N2CCC(F)(F)C2)[nH]1. The first-order chi connectivity index (χ1) is 6.57. The number of nitrogens with one attached hydrogen (secondary N) is 1. The summed E-state index contributed by atoms with van der Waals surface area (Å²) in [6.07, 6.45) is -0.149. The van der Waals surface area contributed by atoms with Crippen molar-refractivity contribution in [2.24, 2.45) is 0 Å². The minimum Gasteiger partial charge on any atom is -0.352 e. The van der Waals surface area contributed by atoms with Gasteiger partial charge in [-0.05, 0) is 6.07 Å². The van der Waals surface area contributed by atoms with Gasteiger partial charge in [0.25, 0.3) is 5.92 Å². The Bertz CT molecular complexity index is 388. The van der Waals surface area contributed by atoms with Crippen LogP contribution in [0.5, 0.6) is 0 Å². The van der Waals surface area contributed by atoms with Crippen LogP contribution in [0.3, 0.4) is 0 Å². The van der Waals surface area contributed by atoms with E-state index in [4.69, 9.17) is 0 Å². The van der Waals surface area contributed by atoms with E-state index in [-0.39, 0.29) is 25.1 Å². The molecule has 1 aliphatic heterocycles. The van der Waals surface area contributed by atoms with Crippen molar-refractivity contribution in [3.63, 3.8) is 0 Å². The summed E-state index contributed by atoms with van der Waals surface area (Å²) in [4.78, 5) is 15.0. The van der Waals surface area contributed by atoms with Crippen molar-refractivity contribution in [1.82, 2.24) is 4.98 Å². The highest BCUT2D eigenvalue weighted by atomic mass is 19.3. The van der Waals surface area contributed by atoms with E-state index in [1.54, 1.807) is 12.1 Å². The molecule has 0 spiro atoms. The molecule has 1 fully saturated rings. The Kier molecular flexibility index (Phi) is 2.02. The third kappa shape index (κ3) is 1.76. The number of aromatic nitrogens is 1. The monoisotopic (exact) mass is 200 g/mol. The van der Waals surface area contributed by atoms with Crippen molar-refractivity contribution in [3.05, 3.63) is 28.6 Å². The molecule has 0 radical (unpaired) electrons. The fraction of sp³-hybridized carbons (Fsp3) is 0.444. The van der Waals surface area contributed by atoms with Crippen molar-refractivity contribution in [1.29, 1.82) is 0 Å². The molecule has 0 unspecified atom stereocenters. The van der Waals surface area contributed by atoms with Gasteiger partial charge in [-0.1, -0.05) is 6.07 Å². The number of hydrogen-bond acceptors (Lipinski definition) is 2. The van der Waals surface area contributed by atoms with Gasteiger partial charge in [0.05, 0.1) is 6.54 Å². The second-order valence-electron chi connectivity index (χ2n) is 3.43. The lowest BCUT2D eigenvalue weighted by molar-refractivity contribution is 0.0256. The lowest BCUT2D eigenvalue weighted by Gasteiger charge is -2.16. The van der Waals surface area contributed by atoms with E-state index in [1.807, 2.05) is 0 Å². The molecule has 0 atom stereocenters. The third-order valence-corrected chi connectivity index (χ3v) is 2.26. The van der Waals surface area contributed by atoms with Gasteiger partial charge >= 0.3 is 0 Å². The van der Waals surface area contributed by atoms with Crippen LogP contribution in [0.2, 0.25) is 0 Å². The van der Waals surface area contributed by atoms with Gasteiger partial charge in [-0.2, -0.15) is 0 Å². The van der Waals surface area contributed by atoms with Crippen LogP contribution in [0.4, 0.5) is 14.6 Å². The molecule has 0 aliphatic carbocycles. The molecule has 1 aromatic heterocycles. The first kappa shape index (κ1) is 9.18. The molecule has 1 N–H and O–H groups in total. The normalized spacial score (nSPS) is 20.0. The molecule has 5 heteroatoms. The average molecular weight is 200 g/mol. The molecule has 1 aromatic rings. The van der Waals surface area contributed by atoms with E-state index in [0.29, 0.717) is 5.82 Å². The molecule has 0 aromatic carbocycles. The van der Waals surface area contributed by atoms with E-state index < -0.39 is 5.92 Å². The van der Waals surface area contributed by atoms with Crippen LogP contribution in [0.25, 0.3) is 0 Å². The van der Waals surface area contributed by atoms with E-state index in [2.05, 4.69) is 4.98 Å². The van der Waals surface area contributed by atoms with Gasteiger partial charge in [0, 0.05) is 19.0 Å². The van der Waals surface area contributed by atoms with Crippen LogP contribution in [0.15, 0.2) is 23.0 Å². The first-order valence-electron chi connectivity index (χ1n) is 4.39. The van der Waals surface area contributed by atoms with Gasteiger partial charge in [-0.3, -0.25) is 4.79 Å². The van der Waals surface area contributed by atoms with E-state index in [9.17, 15) is 13.6 Å². The molecular formula is C9H10F2N2O. The maximum Gasteiger partial charge on any atom is 0.266 e. The largest absolute Gasteiger partial charge is 0.352 e. The van der Waals surface area contributed by atoms with Gasteiger partial charge in [-0.15, -0.1) is 0 Å². The maximum atomic E-state index is 12.8. The number of aromatic amines is 1. The minimum absolute atomic E-state index is 0.149. The molecule has 3 nitrogen and oxygen atoms in total. The van der Waals surface area contributed by atoms with E-state index in [0.717, 1.165) is 0 Å². The van der Waals surface area contributed by atoms with Gasteiger partial charge < -0.3 is 9.88 Å². The molecule has 1 aliphatic rings. The summed E-state index contributed by atoms with van der Waals surface area (Å²) in [5.41, 5.74) is -0.266.